The highest BCUT2D eigenvalue weighted by molar-refractivity contribution is 5.95. The van der Waals surface area contributed by atoms with Gasteiger partial charge < -0.3 is 16.0 Å². The smallest absolute Gasteiger partial charge is 0.293 e. The van der Waals surface area contributed by atoms with Gasteiger partial charge in [-0.15, -0.1) is 0 Å². The number of benzene rings is 1. The van der Waals surface area contributed by atoms with Gasteiger partial charge in [0.1, 0.15) is 11.7 Å². The molecule has 0 aromatic heterocycles. The molecular formula is C13H16N4O4. The maximum atomic E-state index is 11.7. The van der Waals surface area contributed by atoms with Crippen LogP contribution in [0.5, 0.6) is 0 Å². The van der Waals surface area contributed by atoms with E-state index in [-0.39, 0.29) is 22.8 Å². The molecule has 0 bridgehead atoms. The van der Waals surface area contributed by atoms with Crippen LogP contribution < -0.4 is 16.0 Å². The van der Waals surface area contributed by atoms with Crippen molar-refractivity contribution in [1.82, 2.24) is 10.6 Å². The molecule has 1 aromatic carbocycles. The highest BCUT2D eigenvalue weighted by atomic mass is 16.6. The van der Waals surface area contributed by atoms with E-state index in [0.717, 1.165) is 6.42 Å². The number of hydrogen-bond acceptors (Lipinski definition) is 5. The summed E-state index contributed by atoms with van der Waals surface area (Å²) in [4.78, 5) is 33.8. The summed E-state index contributed by atoms with van der Waals surface area (Å²) in [6, 6.07) is 3.63. The van der Waals surface area contributed by atoms with Crippen LogP contribution in [0.15, 0.2) is 18.2 Å². The summed E-state index contributed by atoms with van der Waals surface area (Å²) in [6.45, 7) is 0.620. The van der Waals surface area contributed by atoms with Crippen molar-refractivity contribution in [1.29, 1.82) is 0 Å². The summed E-state index contributed by atoms with van der Waals surface area (Å²) in [5, 5.41) is 19.1. The minimum atomic E-state index is -0.574. The van der Waals surface area contributed by atoms with Crippen LogP contribution in [0, 0.1) is 10.1 Å². The number of amides is 2. The Hall–Kier alpha value is -2.64. The third-order valence-electron chi connectivity index (χ3n) is 3.30. The van der Waals surface area contributed by atoms with Gasteiger partial charge in [0.2, 0.25) is 5.91 Å². The second-order valence-electron chi connectivity index (χ2n) is 4.70. The number of nitrogens with zero attached hydrogens (tertiary/aromatic N) is 1. The standard InChI is InChI=1S/C13H16N4O4/c1-14-12(18)8-4-5-9(11(7-8)17(20)21)16-10-3-2-6-15-13(10)19/h4-5,7,10,16H,2-3,6H2,1H3,(H,14,18)(H,15,19). The van der Waals surface area contributed by atoms with Crippen molar-refractivity contribution in [2.24, 2.45) is 0 Å². The number of rotatable bonds is 4. The summed E-state index contributed by atoms with van der Waals surface area (Å²) in [5.41, 5.74) is 0.201. The van der Waals surface area contributed by atoms with E-state index in [0.29, 0.717) is 13.0 Å². The molecule has 1 aliphatic rings. The number of nitrogens with one attached hydrogen (secondary N) is 3. The molecule has 1 heterocycles. The second kappa shape index (κ2) is 6.21. The Morgan fingerprint density at radius 2 is 2.24 bits per heavy atom. The van der Waals surface area contributed by atoms with E-state index in [1.165, 1.54) is 25.2 Å². The Kier molecular flexibility index (Phi) is 4.36. The molecule has 1 atom stereocenters. The largest absolute Gasteiger partial charge is 0.368 e. The third kappa shape index (κ3) is 3.28. The summed E-state index contributed by atoms with van der Waals surface area (Å²) in [7, 11) is 1.45. The first kappa shape index (κ1) is 14.8. The average molecular weight is 292 g/mol. The van der Waals surface area contributed by atoms with Crippen LogP contribution in [-0.4, -0.2) is 36.4 Å². The molecule has 1 unspecified atom stereocenters. The van der Waals surface area contributed by atoms with Gasteiger partial charge in [-0.25, -0.2) is 0 Å². The van der Waals surface area contributed by atoms with E-state index in [1.54, 1.807) is 0 Å². The number of nitro groups is 1. The van der Waals surface area contributed by atoms with Gasteiger partial charge in [0, 0.05) is 25.2 Å². The molecule has 8 heteroatoms. The Balaban J connectivity index is 2.28. The summed E-state index contributed by atoms with van der Waals surface area (Å²) in [5.74, 6) is -0.578. The van der Waals surface area contributed by atoms with Crippen molar-refractivity contribution in [3.8, 4) is 0 Å². The topological polar surface area (TPSA) is 113 Å². The fraction of sp³-hybridized carbons (Fsp3) is 0.385. The Labute approximate surface area is 121 Å². The molecule has 0 spiro atoms. The predicted molar refractivity (Wildman–Crippen MR) is 76.1 cm³/mol. The van der Waals surface area contributed by atoms with E-state index in [2.05, 4.69) is 16.0 Å². The Morgan fingerprint density at radius 3 is 2.86 bits per heavy atom. The lowest BCUT2D eigenvalue weighted by Gasteiger charge is -2.23. The molecule has 21 heavy (non-hydrogen) atoms. The molecule has 1 saturated heterocycles. The van der Waals surface area contributed by atoms with E-state index in [1.807, 2.05) is 0 Å². The van der Waals surface area contributed by atoms with Crippen LogP contribution in [0.2, 0.25) is 0 Å². The van der Waals surface area contributed by atoms with Crippen molar-refractivity contribution in [2.45, 2.75) is 18.9 Å². The monoisotopic (exact) mass is 292 g/mol. The van der Waals surface area contributed by atoms with Crippen LogP contribution >= 0.6 is 0 Å². The van der Waals surface area contributed by atoms with Gasteiger partial charge in [0.15, 0.2) is 0 Å². The van der Waals surface area contributed by atoms with E-state index >= 15 is 0 Å². The van der Waals surface area contributed by atoms with Crippen molar-refractivity contribution in [3.05, 3.63) is 33.9 Å². The van der Waals surface area contributed by atoms with Crippen LogP contribution in [0.25, 0.3) is 0 Å². The van der Waals surface area contributed by atoms with Gasteiger partial charge >= 0.3 is 0 Å². The van der Waals surface area contributed by atoms with E-state index in [4.69, 9.17) is 0 Å². The maximum Gasteiger partial charge on any atom is 0.293 e. The molecule has 0 saturated carbocycles. The van der Waals surface area contributed by atoms with Crippen LogP contribution in [0.1, 0.15) is 23.2 Å². The molecule has 1 aromatic rings. The molecule has 2 amide bonds. The summed E-state index contributed by atoms with van der Waals surface area (Å²) >= 11 is 0. The molecule has 2 rings (SSSR count). The minimum absolute atomic E-state index is 0.175. The number of nitro benzene ring substituents is 1. The lowest BCUT2D eigenvalue weighted by Crippen LogP contribution is -2.44. The lowest BCUT2D eigenvalue weighted by molar-refractivity contribution is -0.384. The first-order valence-electron chi connectivity index (χ1n) is 6.57. The van der Waals surface area contributed by atoms with Gasteiger partial charge in [0.25, 0.3) is 11.6 Å². The van der Waals surface area contributed by atoms with Crippen molar-refractivity contribution in [3.63, 3.8) is 0 Å². The SMILES string of the molecule is CNC(=O)c1ccc(NC2CCCNC2=O)c([N+](=O)[O-])c1. The zero-order chi connectivity index (χ0) is 15.4. The number of carbonyl (C=O) groups is 2. The van der Waals surface area contributed by atoms with Gasteiger partial charge in [-0.1, -0.05) is 0 Å². The summed E-state index contributed by atoms with van der Waals surface area (Å²) < 4.78 is 0. The molecular weight excluding hydrogens is 276 g/mol. The highest BCUT2D eigenvalue weighted by Gasteiger charge is 2.25. The molecule has 0 aliphatic carbocycles. The van der Waals surface area contributed by atoms with Crippen LogP contribution in [0.3, 0.4) is 0 Å². The average Bonchev–Trinajstić information content (AvgIpc) is 2.49. The van der Waals surface area contributed by atoms with E-state index in [9.17, 15) is 19.7 Å². The number of anilines is 1. The minimum Gasteiger partial charge on any atom is -0.368 e. The Bertz CT molecular complexity index is 588. The zero-order valence-electron chi connectivity index (χ0n) is 11.5. The van der Waals surface area contributed by atoms with Gasteiger partial charge in [-0.2, -0.15) is 0 Å². The van der Waals surface area contributed by atoms with Crippen molar-refractivity contribution < 1.29 is 14.5 Å². The fourth-order valence-corrected chi connectivity index (χ4v) is 2.19. The van der Waals surface area contributed by atoms with Crippen molar-refractivity contribution >= 4 is 23.2 Å². The van der Waals surface area contributed by atoms with Crippen LogP contribution in [-0.2, 0) is 4.79 Å². The Morgan fingerprint density at radius 1 is 1.48 bits per heavy atom. The van der Waals surface area contributed by atoms with Crippen molar-refractivity contribution in [2.75, 3.05) is 18.9 Å². The third-order valence-corrected chi connectivity index (χ3v) is 3.30. The molecule has 1 fully saturated rings. The van der Waals surface area contributed by atoms with Crippen LogP contribution in [0.4, 0.5) is 11.4 Å². The van der Waals surface area contributed by atoms with Gasteiger partial charge in [0.05, 0.1) is 4.92 Å². The van der Waals surface area contributed by atoms with E-state index < -0.39 is 16.9 Å². The quantitative estimate of drug-likeness (QED) is 0.557. The lowest BCUT2D eigenvalue weighted by atomic mass is 10.1. The highest BCUT2D eigenvalue weighted by Crippen LogP contribution is 2.27. The second-order valence-corrected chi connectivity index (χ2v) is 4.70. The molecule has 112 valence electrons. The zero-order valence-corrected chi connectivity index (χ0v) is 11.5. The maximum absolute atomic E-state index is 11.7. The summed E-state index contributed by atoms with van der Waals surface area (Å²) in [6.07, 6.45) is 1.42. The number of carbonyl (C=O) groups excluding carboxylic acids is 2. The molecule has 0 radical (unpaired) electrons. The first-order valence-corrected chi connectivity index (χ1v) is 6.57. The number of piperidine rings is 1. The molecule has 8 nitrogen and oxygen atoms in total. The predicted octanol–water partition coefficient (Wildman–Crippen LogP) is 0.645. The number of hydrogen-bond donors (Lipinski definition) is 3. The normalized spacial score (nSPS) is 17.8. The van der Waals surface area contributed by atoms with Gasteiger partial charge in [-0.05, 0) is 25.0 Å². The fourth-order valence-electron chi connectivity index (χ4n) is 2.19. The molecule has 3 N–H and O–H groups in total. The first-order chi connectivity index (χ1) is 10.0. The molecule has 1 aliphatic heterocycles. The van der Waals surface area contributed by atoms with Gasteiger partial charge in [-0.3, -0.25) is 19.7 Å².